The molecule has 11 aromatic rings. The molecule has 2 nitrogen and oxygen atoms in total. The van der Waals surface area contributed by atoms with E-state index in [-0.39, 0.29) is 5.41 Å². The summed E-state index contributed by atoms with van der Waals surface area (Å²) in [5.41, 5.74) is 21.2. The second kappa shape index (κ2) is 16.5. The van der Waals surface area contributed by atoms with Gasteiger partial charge in [0.1, 0.15) is 0 Å². The van der Waals surface area contributed by atoms with Gasteiger partial charge < -0.3 is 9.80 Å². The fourth-order valence-corrected chi connectivity index (χ4v) is 11.9. The van der Waals surface area contributed by atoms with Gasteiger partial charge >= 0.3 is 0 Å². The van der Waals surface area contributed by atoms with Gasteiger partial charge in [-0.05, 0) is 139 Å². The van der Waals surface area contributed by atoms with Gasteiger partial charge in [-0.2, -0.15) is 0 Å². The normalized spacial score (nSPS) is 13.5. The fraction of sp³-hybridized carbons (Fsp3) is 0.0588. The van der Waals surface area contributed by atoms with E-state index in [1.54, 1.807) is 0 Å². The molecule has 0 unspecified atom stereocenters. The van der Waals surface area contributed by atoms with Crippen LogP contribution in [0.3, 0.4) is 0 Å². The Morgan fingerprint density at radius 1 is 0.286 bits per heavy atom. The Morgan fingerprint density at radius 3 is 1.34 bits per heavy atom. The first-order chi connectivity index (χ1) is 34.5. The van der Waals surface area contributed by atoms with Crippen LogP contribution in [0.2, 0.25) is 0 Å². The number of anilines is 6. The Labute approximate surface area is 411 Å². The van der Waals surface area contributed by atoms with Crippen molar-refractivity contribution in [1.29, 1.82) is 0 Å². The van der Waals surface area contributed by atoms with Gasteiger partial charge in [0, 0.05) is 39.2 Å². The first-order valence-corrected chi connectivity index (χ1v) is 24.4. The van der Waals surface area contributed by atoms with Gasteiger partial charge in [-0.25, -0.2) is 0 Å². The van der Waals surface area contributed by atoms with Crippen LogP contribution in [0.5, 0.6) is 0 Å². The van der Waals surface area contributed by atoms with E-state index in [1.807, 2.05) is 0 Å². The van der Waals surface area contributed by atoms with Crippen molar-refractivity contribution in [2.24, 2.45) is 0 Å². The number of benzene rings is 11. The summed E-state index contributed by atoms with van der Waals surface area (Å²) in [6, 6.07) is 98.5. The van der Waals surface area contributed by atoms with E-state index in [9.17, 15) is 0 Å². The Morgan fingerprint density at radius 2 is 0.714 bits per heavy atom. The van der Waals surface area contributed by atoms with Crippen LogP contribution in [-0.4, -0.2) is 0 Å². The van der Waals surface area contributed by atoms with Crippen molar-refractivity contribution in [3.63, 3.8) is 0 Å². The van der Waals surface area contributed by atoms with Crippen LogP contribution in [0.1, 0.15) is 47.2 Å². The largest absolute Gasteiger partial charge is 0.310 e. The molecule has 0 fully saturated rings. The first kappa shape index (κ1) is 41.5. The molecule has 13 rings (SSSR count). The van der Waals surface area contributed by atoms with E-state index in [0.29, 0.717) is 0 Å². The maximum atomic E-state index is 2.48. The van der Waals surface area contributed by atoms with E-state index in [4.69, 9.17) is 0 Å². The lowest BCUT2D eigenvalue weighted by Gasteiger charge is -2.35. The summed E-state index contributed by atoms with van der Waals surface area (Å²) in [6.45, 7) is 4.80. The Balaban J connectivity index is 0.977. The van der Waals surface area contributed by atoms with Crippen molar-refractivity contribution >= 4 is 44.9 Å². The minimum atomic E-state index is -0.522. The van der Waals surface area contributed by atoms with Gasteiger partial charge in [-0.3, -0.25) is 0 Å². The van der Waals surface area contributed by atoms with Crippen LogP contribution in [0.4, 0.5) is 34.1 Å². The molecule has 2 aliphatic rings. The second-order valence-corrected chi connectivity index (χ2v) is 19.3. The minimum Gasteiger partial charge on any atom is -0.310 e. The minimum absolute atomic E-state index is 0.296. The molecule has 70 heavy (non-hydrogen) atoms. The van der Waals surface area contributed by atoms with Crippen LogP contribution in [0.15, 0.2) is 267 Å². The summed E-state index contributed by atoms with van der Waals surface area (Å²) < 4.78 is 0. The van der Waals surface area contributed by atoms with E-state index < -0.39 is 5.41 Å². The lowest BCUT2D eigenvalue weighted by Crippen LogP contribution is -2.28. The molecule has 11 aromatic carbocycles. The molecule has 2 heteroatoms. The molecule has 0 saturated carbocycles. The van der Waals surface area contributed by atoms with Gasteiger partial charge in [0.25, 0.3) is 0 Å². The topological polar surface area (TPSA) is 6.48 Å². The highest BCUT2D eigenvalue weighted by Gasteiger charge is 2.46. The first-order valence-electron chi connectivity index (χ1n) is 24.4. The predicted molar refractivity (Wildman–Crippen MR) is 294 cm³/mol. The SMILES string of the molecule is CC1(C)c2cc(N(c3ccc(-c4ccccc4)cc3)c3ccc4c(c3)C(c3ccccc3)(c3ccccc3)c3ccccc3-4)ccc2-c2ccc(N(c3ccccc3)c3cccc4ccccc34)cc21. The van der Waals surface area contributed by atoms with Gasteiger partial charge in [0.2, 0.25) is 0 Å². The summed E-state index contributed by atoms with van der Waals surface area (Å²) in [5, 5.41) is 2.44. The van der Waals surface area contributed by atoms with Crippen LogP contribution in [-0.2, 0) is 10.8 Å². The predicted octanol–water partition coefficient (Wildman–Crippen LogP) is 18.1. The van der Waals surface area contributed by atoms with Crippen LogP contribution < -0.4 is 9.80 Å². The van der Waals surface area contributed by atoms with Crippen molar-refractivity contribution < 1.29 is 0 Å². The van der Waals surface area contributed by atoms with Crippen molar-refractivity contribution in [2.75, 3.05) is 9.80 Å². The van der Waals surface area contributed by atoms with E-state index >= 15 is 0 Å². The number of rotatable bonds is 9. The molecule has 0 bridgehead atoms. The summed E-state index contributed by atoms with van der Waals surface area (Å²) in [4.78, 5) is 4.90. The lowest BCUT2D eigenvalue weighted by molar-refractivity contribution is 0.660. The molecule has 0 spiro atoms. The van der Waals surface area contributed by atoms with E-state index in [0.717, 1.165) is 34.1 Å². The summed E-state index contributed by atoms with van der Waals surface area (Å²) in [5.74, 6) is 0. The van der Waals surface area contributed by atoms with Gasteiger partial charge in [0.15, 0.2) is 0 Å². The van der Waals surface area contributed by atoms with Crippen LogP contribution in [0.25, 0.3) is 44.2 Å². The molecule has 0 aromatic heterocycles. The monoisotopic (exact) mass is 894 g/mol. The standard InChI is InChI=1S/C68H50N2/c1-67(2)63-44-54(38-41-59(63)60-42-40-56(45-64(60)67)70(52-28-13-6-14-29-52)66-33-19-23-49-22-15-16-30-57(49)66)69(53-36-34-48(35-37-53)47-20-7-3-8-21-47)55-39-43-61-58-31-17-18-32-62(58)68(65(61)46-55,50-24-9-4-10-25-50)51-26-11-5-12-27-51/h3-46H,1-2H3. The van der Waals surface area contributed by atoms with E-state index in [2.05, 4.69) is 291 Å². The molecule has 0 amide bonds. The third-order valence-corrected chi connectivity index (χ3v) is 15.1. The molecule has 332 valence electrons. The molecule has 0 heterocycles. The zero-order valence-corrected chi connectivity index (χ0v) is 39.3. The third-order valence-electron chi connectivity index (χ3n) is 15.1. The van der Waals surface area contributed by atoms with Crippen LogP contribution in [0, 0.1) is 0 Å². The summed E-state index contributed by atoms with van der Waals surface area (Å²) in [7, 11) is 0. The van der Waals surface area contributed by atoms with Gasteiger partial charge in [0.05, 0.1) is 11.1 Å². The molecule has 0 saturated heterocycles. The maximum Gasteiger partial charge on any atom is 0.0714 e. The Bertz CT molecular complexity index is 3680. The number of para-hydroxylation sites is 1. The van der Waals surface area contributed by atoms with Crippen molar-refractivity contribution in [3.8, 4) is 33.4 Å². The highest BCUT2D eigenvalue weighted by atomic mass is 15.1. The second-order valence-electron chi connectivity index (χ2n) is 19.3. The van der Waals surface area contributed by atoms with Crippen molar-refractivity contribution in [2.45, 2.75) is 24.7 Å². The van der Waals surface area contributed by atoms with Gasteiger partial charge in [-0.1, -0.05) is 214 Å². The molecule has 0 aliphatic heterocycles. The third kappa shape index (κ3) is 6.48. The number of hydrogen-bond acceptors (Lipinski definition) is 2. The zero-order chi connectivity index (χ0) is 46.8. The molecule has 0 atom stereocenters. The summed E-state index contributed by atoms with van der Waals surface area (Å²) in [6.07, 6.45) is 0. The highest BCUT2D eigenvalue weighted by Crippen LogP contribution is 2.58. The lowest BCUT2D eigenvalue weighted by atomic mass is 9.67. The van der Waals surface area contributed by atoms with Crippen molar-refractivity contribution in [3.05, 3.63) is 300 Å². The summed E-state index contributed by atoms with van der Waals surface area (Å²) >= 11 is 0. The average Bonchev–Trinajstić information content (AvgIpc) is 3.84. The molecule has 2 aliphatic carbocycles. The molecular weight excluding hydrogens is 845 g/mol. The molecule has 0 radical (unpaired) electrons. The smallest absolute Gasteiger partial charge is 0.0714 e. The molecular formula is C68H50N2. The number of fused-ring (bicyclic) bond motifs is 7. The number of hydrogen-bond donors (Lipinski definition) is 0. The number of nitrogens with zero attached hydrogens (tertiary/aromatic N) is 2. The van der Waals surface area contributed by atoms with Crippen molar-refractivity contribution in [1.82, 2.24) is 0 Å². The Hall–Kier alpha value is -8.72. The zero-order valence-electron chi connectivity index (χ0n) is 39.3. The van der Waals surface area contributed by atoms with E-state index in [1.165, 1.54) is 77.5 Å². The Kier molecular flexibility index (Phi) is 9.78. The molecule has 0 N–H and O–H groups in total. The quantitative estimate of drug-likeness (QED) is 0.142. The fourth-order valence-electron chi connectivity index (χ4n) is 11.9. The average molecular weight is 895 g/mol. The van der Waals surface area contributed by atoms with Crippen LogP contribution >= 0.6 is 0 Å². The maximum absolute atomic E-state index is 2.48. The van der Waals surface area contributed by atoms with Gasteiger partial charge in [-0.15, -0.1) is 0 Å². The highest BCUT2D eigenvalue weighted by molar-refractivity contribution is 6.00.